The van der Waals surface area contributed by atoms with Crippen LogP contribution in [0.5, 0.6) is 0 Å². The number of alkyl halides is 1. The maximum atomic E-state index is 11.4. The smallest absolute Gasteiger partial charge is 0.0920 e. The van der Waals surface area contributed by atoms with E-state index in [2.05, 4.69) is 0 Å². The van der Waals surface area contributed by atoms with Gasteiger partial charge in [0, 0.05) is 0 Å². The zero-order chi connectivity index (χ0) is 5.70. The molecule has 0 aromatic rings. The third-order valence-electron chi connectivity index (χ3n) is 0.874. The molecule has 0 N–H and O–H groups in total. The van der Waals surface area contributed by atoms with Gasteiger partial charge in [0.05, 0.1) is 13.3 Å². The minimum atomic E-state index is -0.359. The SMILES string of the molecule is CC(CF)CC[O]. The predicted octanol–water partition coefficient (Wildman–Crippen LogP) is 1.41. The fraction of sp³-hybridized carbons (Fsp3) is 1.00. The van der Waals surface area contributed by atoms with Crippen molar-refractivity contribution in [1.29, 1.82) is 0 Å². The van der Waals surface area contributed by atoms with Crippen LogP contribution in [0, 0.1) is 5.92 Å². The van der Waals surface area contributed by atoms with Crippen molar-refractivity contribution in [3.63, 3.8) is 0 Å². The van der Waals surface area contributed by atoms with Crippen molar-refractivity contribution in [1.82, 2.24) is 0 Å². The van der Waals surface area contributed by atoms with Crippen LogP contribution in [0.4, 0.5) is 4.39 Å². The molecule has 2 heteroatoms. The summed E-state index contributed by atoms with van der Waals surface area (Å²) >= 11 is 0. The lowest BCUT2D eigenvalue weighted by Gasteiger charge is -1.98. The lowest BCUT2D eigenvalue weighted by Crippen LogP contribution is -1.97. The number of hydrogen-bond acceptors (Lipinski definition) is 0. The zero-order valence-electron chi connectivity index (χ0n) is 4.48. The second-order valence-electron chi connectivity index (χ2n) is 1.75. The minimum absolute atomic E-state index is 0.0301. The van der Waals surface area contributed by atoms with Gasteiger partial charge >= 0.3 is 0 Å². The molecule has 0 aliphatic carbocycles. The molecule has 0 aromatic carbocycles. The molecule has 0 heterocycles. The van der Waals surface area contributed by atoms with E-state index in [0.29, 0.717) is 6.42 Å². The topological polar surface area (TPSA) is 19.9 Å². The van der Waals surface area contributed by atoms with E-state index < -0.39 is 0 Å². The molecule has 0 rings (SSSR count). The first-order chi connectivity index (χ1) is 3.31. The van der Waals surface area contributed by atoms with Crippen LogP contribution in [0.15, 0.2) is 0 Å². The molecule has 1 atom stereocenters. The summed E-state index contributed by atoms with van der Waals surface area (Å²) in [5, 5.41) is 9.73. The Labute approximate surface area is 43.2 Å². The molecule has 0 saturated carbocycles. The molecule has 0 aromatic heterocycles. The van der Waals surface area contributed by atoms with Crippen molar-refractivity contribution in [2.45, 2.75) is 13.3 Å². The van der Waals surface area contributed by atoms with E-state index in [-0.39, 0.29) is 19.2 Å². The molecular formula is C5H10FO. The van der Waals surface area contributed by atoms with Gasteiger partial charge in [0.1, 0.15) is 0 Å². The Bertz CT molecular complexity index is 39.1. The highest BCUT2D eigenvalue weighted by Gasteiger charge is 1.97. The van der Waals surface area contributed by atoms with Crippen LogP contribution >= 0.6 is 0 Å². The van der Waals surface area contributed by atoms with Gasteiger partial charge in [-0.25, -0.2) is 5.11 Å². The Morgan fingerprint density at radius 2 is 2.29 bits per heavy atom. The summed E-state index contributed by atoms with van der Waals surface area (Å²) < 4.78 is 11.4. The van der Waals surface area contributed by atoms with Gasteiger partial charge < -0.3 is 0 Å². The van der Waals surface area contributed by atoms with E-state index in [1.54, 1.807) is 6.92 Å². The normalized spacial score (nSPS) is 14.1. The molecule has 1 nitrogen and oxygen atoms in total. The van der Waals surface area contributed by atoms with Crippen molar-refractivity contribution in [2.75, 3.05) is 13.3 Å². The molecule has 0 fully saturated rings. The monoisotopic (exact) mass is 105 g/mol. The Kier molecular flexibility index (Phi) is 4.00. The first-order valence-corrected chi connectivity index (χ1v) is 2.45. The Hall–Kier alpha value is -0.110. The third kappa shape index (κ3) is 3.73. The summed E-state index contributed by atoms with van der Waals surface area (Å²) in [6.07, 6.45) is 0.469. The van der Waals surface area contributed by atoms with E-state index in [0.717, 1.165) is 0 Å². The second kappa shape index (κ2) is 4.06. The summed E-state index contributed by atoms with van der Waals surface area (Å²) in [7, 11) is 0. The van der Waals surface area contributed by atoms with Crippen LogP contribution in [-0.2, 0) is 5.11 Å². The molecule has 1 unspecified atom stereocenters. The first-order valence-electron chi connectivity index (χ1n) is 2.45. The van der Waals surface area contributed by atoms with Crippen LogP contribution in [0.3, 0.4) is 0 Å². The zero-order valence-corrected chi connectivity index (χ0v) is 4.48. The molecule has 0 amide bonds. The predicted molar refractivity (Wildman–Crippen MR) is 25.3 cm³/mol. The van der Waals surface area contributed by atoms with Gasteiger partial charge in [0.15, 0.2) is 0 Å². The molecule has 0 saturated heterocycles. The van der Waals surface area contributed by atoms with E-state index >= 15 is 0 Å². The molecule has 43 valence electrons. The molecular weight excluding hydrogens is 95.1 g/mol. The quantitative estimate of drug-likeness (QED) is 0.517. The van der Waals surface area contributed by atoms with Gasteiger partial charge in [-0.15, -0.1) is 0 Å². The molecule has 0 aliphatic heterocycles. The Morgan fingerprint density at radius 3 is 2.43 bits per heavy atom. The van der Waals surface area contributed by atoms with Gasteiger partial charge in [-0.05, 0) is 12.3 Å². The van der Waals surface area contributed by atoms with E-state index in [1.807, 2.05) is 0 Å². The first kappa shape index (κ1) is 6.89. The maximum absolute atomic E-state index is 11.4. The van der Waals surface area contributed by atoms with Crippen molar-refractivity contribution < 1.29 is 9.50 Å². The fourth-order valence-electron chi connectivity index (χ4n) is 0.278. The Balaban J connectivity index is 2.83. The van der Waals surface area contributed by atoms with Crippen molar-refractivity contribution in [3.8, 4) is 0 Å². The molecule has 7 heavy (non-hydrogen) atoms. The van der Waals surface area contributed by atoms with Crippen molar-refractivity contribution >= 4 is 0 Å². The van der Waals surface area contributed by atoms with Crippen LogP contribution in [0.1, 0.15) is 13.3 Å². The Morgan fingerprint density at radius 1 is 1.71 bits per heavy atom. The lowest BCUT2D eigenvalue weighted by molar-refractivity contribution is 0.166. The average Bonchev–Trinajstić information content (AvgIpc) is 1.68. The van der Waals surface area contributed by atoms with E-state index in [4.69, 9.17) is 0 Å². The van der Waals surface area contributed by atoms with Gasteiger partial charge in [-0.1, -0.05) is 6.92 Å². The van der Waals surface area contributed by atoms with Gasteiger partial charge in [0.2, 0.25) is 0 Å². The average molecular weight is 105 g/mol. The van der Waals surface area contributed by atoms with Crippen molar-refractivity contribution in [2.24, 2.45) is 5.92 Å². The standard InChI is InChI=1S/C5H10FO/c1-5(4-6)2-3-7/h5H,2-4H2,1H3. The highest BCUT2D eigenvalue weighted by molar-refractivity contribution is 4.46. The van der Waals surface area contributed by atoms with Gasteiger partial charge in [-0.3, -0.25) is 4.39 Å². The molecule has 0 aliphatic rings. The van der Waals surface area contributed by atoms with Gasteiger partial charge in [0.25, 0.3) is 0 Å². The minimum Gasteiger partial charge on any atom is -0.251 e. The summed E-state index contributed by atoms with van der Waals surface area (Å²) in [6, 6.07) is 0. The summed E-state index contributed by atoms with van der Waals surface area (Å²) in [4.78, 5) is 0. The van der Waals surface area contributed by atoms with Crippen molar-refractivity contribution in [3.05, 3.63) is 0 Å². The second-order valence-corrected chi connectivity index (χ2v) is 1.75. The van der Waals surface area contributed by atoms with Gasteiger partial charge in [-0.2, -0.15) is 0 Å². The highest BCUT2D eigenvalue weighted by Crippen LogP contribution is 1.99. The number of rotatable bonds is 3. The lowest BCUT2D eigenvalue weighted by atomic mass is 10.1. The molecule has 0 bridgehead atoms. The molecule has 1 radical (unpaired) electrons. The van der Waals surface area contributed by atoms with Crippen LogP contribution < -0.4 is 0 Å². The number of halogens is 1. The van der Waals surface area contributed by atoms with Crippen LogP contribution in [-0.4, -0.2) is 13.3 Å². The number of hydrogen-bond donors (Lipinski definition) is 0. The maximum Gasteiger partial charge on any atom is 0.0920 e. The summed E-state index contributed by atoms with van der Waals surface area (Å²) in [5.74, 6) is -0.0301. The van der Waals surface area contributed by atoms with Crippen LogP contribution in [0.25, 0.3) is 0 Å². The third-order valence-corrected chi connectivity index (χ3v) is 0.874. The fourth-order valence-corrected chi connectivity index (χ4v) is 0.278. The molecule has 0 spiro atoms. The van der Waals surface area contributed by atoms with E-state index in [1.165, 1.54) is 0 Å². The largest absolute Gasteiger partial charge is 0.251 e. The summed E-state index contributed by atoms with van der Waals surface area (Å²) in [6.45, 7) is 1.23. The van der Waals surface area contributed by atoms with E-state index in [9.17, 15) is 9.50 Å². The van der Waals surface area contributed by atoms with Crippen LogP contribution in [0.2, 0.25) is 0 Å². The summed E-state index contributed by atoms with van der Waals surface area (Å²) in [5.41, 5.74) is 0. The highest BCUT2D eigenvalue weighted by atomic mass is 19.1.